The normalized spacial score (nSPS) is 19.9. The maximum Gasteiger partial charge on any atom is 0.405 e. The molecule has 0 radical (unpaired) electrons. The molecule has 1 atom stereocenters. The molecule has 1 saturated heterocycles. The highest BCUT2D eigenvalue weighted by Gasteiger charge is 2.28. The van der Waals surface area contributed by atoms with Crippen LogP contribution < -0.4 is 5.32 Å². The van der Waals surface area contributed by atoms with Gasteiger partial charge in [-0.1, -0.05) is 6.07 Å². The highest BCUT2D eigenvalue weighted by molar-refractivity contribution is 5.85. The van der Waals surface area contributed by atoms with Crippen LogP contribution in [0.15, 0.2) is 24.4 Å². The fourth-order valence-electron chi connectivity index (χ4n) is 2.23. The number of aromatic nitrogens is 1. The van der Waals surface area contributed by atoms with Gasteiger partial charge >= 0.3 is 6.09 Å². The van der Waals surface area contributed by atoms with E-state index in [0.29, 0.717) is 19.5 Å². The fourth-order valence-corrected chi connectivity index (χ4v) is 2.23. The van der Waals surface area contributed by atoms with E-state index in [1.807, 2.05) is 18.2 Å². The molecular weight excluding hydrogens is 246 g/mol. The lowest BCUT2D eigenvalue weighted by atomic mass is 10.1. The van der Waals surface area contributed by atoms with E-state index in [9.17, 15) is 9.59 Å². The minimum Gasteiger partial charge on any atom is -0.465 e. The second-order valence-corrected chi connectivity index (χ2v) is 4.58. The molecule has 2 N–H and O–H groups in total. The quantitative estimate of drug-likeness (QED) is 0.859. The summed E-state index contributed by atoms with van der Waals surface area (Å²) in [5.41, 5.74) is 0.812. The van der Waals surface area contributed by atoms with Crippen LogP contribution in [0.5, 0.6) is 0 Å². The van der Waals surface area contributed by atoms with Crippen molar-refractivity contribution in [3.63, 3.8) is 0 Å². The van der Waals surface area contributed by atoms with Gasteiger partial charge < -0.3 is 15.3 Å². The van der Waals surface area contributed by atoms with Gasteiger partial charge in [-0.2, -0.15) is 0 Å². The Morgan fingerprint density at radius 3 is 3.00 bits per heavy atom. The van der Waals surface area contributed by atoms with Crippen molar-refractivity contribution in [3.8, 4) is 0 Å². The van der Waals surface area contributed by atoms with E-state index >= 15 is 0 Å². The Kier molecular flexibility index (Phi) is 4.33. The van der Waals surface area contributed by atoms with Crippen molar-refractivity contribution in [2.45, 2.75) is 31.8 Å². The Morgan fingerprint density at radius 2 is 2.32 bits per heavy atom. The topological polar surface area (TPSA) is 82.5 Å². The van der Waals surface area contributed by atoms with Crippen LogP contribution in [0.2, 0.25) is 0 Å². The third-order valence-corrected chi connectivity index (χ3v) is 3.16. The Bertz CT molecular complexity index is 450. The number of hydrogen-bond donors (Lipinski definition) is 2. The molecule has 2 amide bonds. The molecule has 19 heavy (non-hydrogen) atoms. The van der Waals surface area contributed by atoms with Crippen LogP contribution in [0.25, 0.3) is 0 Å². The minimum atomic E-state index is -1.15. The summed E-state index contributed by atoms with van der Waals surface area (Å²) in [5.74, 6) is -0.162. The van der Waals surface area contributed by atoms with Crippen molar-refractivity contribution in [1.82, 2.24) is 15.2 Å². The van der Waals surface area contributed by atoms with Gasteiger partial charge in [0.1, 0.15) is 6.04 Å². The monoisotopic (exact) mass is 263 g/mol. The largest absolute Gasteiger partial charge is 0.465 e. The molecule has 2 heterocycles. The summed E-state index contributed by atoms with van der Waals surface area (Å²) in [5, 5.41) is 11.0. The first-order chi connectivity index (χ1) is 9.16. The second-order valence-electron chi connectivity index (χ2n) is 4.58. The lowest BCUT2D eigenvalue weighted by molar-refractivity contribution is -0.133. The maximum atomic E-state index is 12.3. The van der Waals surface area contributed by atoms with Crippen LogP contribution in [-0.2, 0) is 11.3 Å². The molecule has 1 aliphatic heterocycles. The Hall–Kier alpha value is -2.11. The zero-order chi connectivity index (χ0) is 13.7. The molecule has 102 valence electrons. The fraction of sp³-hybridized carbons (Fsp3) is 0.462. The standard InChI is InChI=1S/C13H17N3O3/c17-12-11(15-13(18)19)6-2-4-8-16(12)9-10-5-1-3-7-14-10/h1,3,5,7,11,15H,2,4,6,8-9H2,(H,18,19)/t11-/m0/s1. The van der Waals surface area contributed by atoms with Crippen molar-refractivity contribution < 1.29 is 14.7 Å². The van der Waals surface area contributed by atoms with Gasteiger partial charge in [0.2, 0.25) is 5.91 Å². The SMILES string of the molecule is O=C(O)N[C@H]1CCCCN(Cc2ccccn2)C1=O. The zero-order valence-electron chi connectivity index (χ0n) is 10.6. The molecule has 1 aromatic heterocycles. The van der Waals surface area contributed by atoms with Gasteiger partial charge in [-0.15, -0.1) is 0 Å². The van der Waals surface area contributed by atoms with Crippen molar-refractivity contribution in [2.24, 2.45) is 0 Å². The lowest BCUT2D eigenvalue weighted by Gasteiger charge is -2.23. The molecular formula is C13H17N3O3. The number of nitrogens with one attached hydrogen (secondary N) is 1. The smallest absolute Gasteiger partial charge is 0.405 e. The van der Waals surface area contributed by atoms with Crippen molar-refractivity contribution in [3.05, 3.63) is 30.1 Å². The van der Waals surface area contributed by atoms with Crippen LogP contribution in [0.4, 0.5) is 4.79 Å². The number of pyridine rings is 1. The van der Waals surface area contributed by atoms with Crippen LogP contribution in [0.1, 0.15) is 25.0 Å². The van der Waals surface area contributed by atoms with Crippen molar-refractivity contribution >= 4 is 12.0 Å². The summed E-state index contributed by atoms with van der Waals surface area (Å²) in [6, 6.07) is 4.92. The zero-order valence-corrected chi connectivity index (χ0v) is 10.6. The summed E-state index contributed by atoms with van der Waals surface area (Å²) < 4.78 is 0. The lowest BCUT2D eigenvalue weighted by Crippen LogP contribution is -2.46. The van der Waals surface area contributed by atoms with Gasteiger partial charge in [0.05, 0.1) is 12.2 Å². The van der Waals surface area contributed by atoms with Crippen LogP contribution >= 0.6 is 0 Å². The molecule has 0 aliphatic carbocycles. The second kappa shape index (κ2) is 6.17. The first-order valence-corrected chi connectivity index (χ1v) is 6.35. The third-order valence-electron chi connectivity index (χ3n) is 3.16. The number of hydrogen-bond acceptors (Lipinski definition) is 3. The molecule has 0 unspecified atom stereocenters. The van der Waals surface area contributed by atoms with Gasteiger partial charge in [-0.05, 0) is 31.4 Å². The average Bonchev–Trinajstić information content (AvgIpc) is 2.55. The summed E-state index contributed by atoms with van der Waals surface area (Å²) in [6.07, 6.45) is 2.82. The van der Waals surface area contributed by atoms with Gasteiger partial charge in [0.25, 0.3) is 0 Å². The average molecular weight is 263 g/mol. The predicted molar refractivity (Wildman–Crippen MR) is 68.5 cm³/mol. The summed E-state index contributed by atoms with van der Waals surface area (Å²) >= 11 is 0. The van der Waals surface area contributed by atoms with E-state index in [1.165, 1.54) is 0 Å². The van der Waals surface area contributed by atoms with Gasteiger partial charge in [0, 0.05) is 12.7 Å². The van der Waals surface area contributed by atoms with E-state index in [-0.39, 0.29) is 5.91 Å². The molecule has 6 heteroatoms. The predicted octanol–water partition coefficient (Wildman–Crippen LogP) is 1.23. The molecule has 2 rings (SSSR count). The molecule has 1 aliphatic rings. The molecule has 1 fully saturated rings. The Morgan fingerprint density at radius 1 is 1.47 bits per heavy atom. The molecule has 0 bridgehead atoms. The number of nitrogens with zero attached hydrogens (tertiary/aromatic N) is 2. The van der Waals surface area contributed by atoms with Crippen molar-refractivity contribution in [2.75, 3.05) is 6.54 Å². The molecule has 1 aromatic rings. The van der Waals surface area contributed by atoms with E-state index in [0.717, 1.165) is 18.5 Å². The highest BCUT2D eigenvalue weighted by atomic mass is 16.4. The number of amides is 2. The van der Waals surface area contributed by atoms with Gasteiger partial charge in [-0.25, -0.2) is 4.79 Å². The molecule has 6 nitrogen and oxygen atoms in total. The number of carbonyl (C=O) groups excluding carboxylic acids is 1. The Balaban J connectivity index is 2.06. The number of carbonyl (C=O) groups is 2. The number of rotatable bonds is 3. The molecule has 0 saturated carbocycles. The summed E-state index contributed by atoms with van der Waals surface area (Å²) in [4.78, 5) is 28.8. The van der Waals surface area contributed by atoms with E-state index in [1.54, 1.807) is 11.1 Å². The highest BCUT2D eigenvalue weighted by Crippen LogP contribution is 2.14. The molecule has 0 aromatic carbocycles. The van der Waals surface area contributed by atoms with E-state index in [4.69, 9.17) is 5.11 Å². The third kappa shape index (κ3) is 3.67. The van der Waals surface area contributed by atoms with Crippen molar-refractivity contribution in [1.29, 1.82) is 0 Å². The number of carboxylic acid groups (broad SMARTS) is 1. The van der Waals surface area contributed by atoms with Crippen LogP contribution in [0, 0.1) is 0 Å². The minimum absolute atomic E-state index is 0.162. The maximum absolute atomic E-state index is 12.3. The summed E-state index contributed by atoms with van der Waals surface area (Å²) in [7, 11) is 0. The van der Waals surface area contributed by atoms with Gasteiger partial charge in [-0.3, -0.25) is 9.78 Å². The van der Waals surface area contributed by atoms with Crippen LogP contribution in [-0.4, -0.2) is 39.6 Å². The van der Waals surface area contributed by atoms with Gasteiger partial charge in [0.15, 0.2) is 0 Å². The molecule has 0 spiro atoms. The number of likely N-dealkylation sites (tertiary alicyclic amines) is 1. The summed E-state index contributed by atoms with van der Waals surface area (Å²) in [6.45, 7) is 1.07. The van der Waals surface area contributed by atoms with E-state index < -0.39 is 12.1 Å². The van der Waals surface area contributed by atoms with E-state index in [2.05, 4.69) is 10.3 Å². The first kappa shape index (κ1) is 13.3. The van der Waals surface area contributed by atoms with Crippen LogP contribution in [0.3, 0.4) is 0 Å². The first-order valence-electron chi connectivity index (χ1n) is 6.35. The Labute approximate surface area is 111 Å².